The first kappa shape index (κ1) is 22.3. The minimum Gasteiger partial charge on any atom is -0.485 e. The molecule has 0 aliphatic heterocycles. The number of benzene rings is 2. The molecule has 6 nitrogen and oxygen atoms in total. The molecule has 170 valence electrons. The molecular formula is C24H21F3N4O2. The van der Waals surface area contributed by atoms with Crippen LogP contribution in [0, 0.1) is 24.4 Å². The molecule has 1 unspecified atom stereocenters. The maximum absolute atomic E-state index is 13.9. The fourth-order valence-electron chi connectivity index (χ4n) is 3.56. The van der Waals surface area contributed by atoms with Crippen LogP contribution in [0.5, 0.6) is 5.75 Å². The zero-order valence-corrected chi connectivity index (χ0v) is 17.7. The number of hydrogen-bond acceptors (Lipinski definition) is 4. The summed E-state index contributed by atoms with van der Waals surface area (Å²) in [5.74, 6) is -1.99. The first-order chi connectivity index (χ1) is 15.9. The summed E-state index contributed by atoms with van der Waals surface area (Å²) in [7, 11) is 0. The van der Waals surface area contributed by atoms with Crippen molar-refractivity contribution in [3.05, 3.63) is 101 Å². The second kappa shape index (κ2) is 9.33. The highest BCUT2D eigenvalue weighted by Gasteiger charge is 2.22. The molecule has 0 fully saturated rings. The van der Waals surface area contributed by atoms with Gasteiger partial charge in [-0.1, -0.05) is 18.2 Å². The minimum absolute atomic E-state index is 0.107. The Balaban J connectivity index is 1.60. The van der Waals surface area contributed by atoms with E-state index in [1.807, 2.05) is 0 Å². The Labute approximate surface area is 187 Å². The summed E-state index contributed by atoms with van der Waals surface area (Å²) in [6, 6.07) is 12.0. The smallest absolute Gasteiger partial charge is 0.270 e. The van der Waals surface area contributed by atoms with Crippen molar-refractivity contribution >= 4 is 11.6 Å². The van der Waals surface area contributed by atoms with Crippen LogP contribution in [0.3, 0.4) is 0 Å². The van der Waals surface area contributed by atoms with Crippen LogP contribution >= 0.6 is 0 Å². The highest BCUT2D eigenvalue weighted by atomic mass is 19.1. The number of amides is 1. The number of carbonyl (C=O) groups excluding carboxylic acids is 1. The number of nitrogens with zero attached hydrogens (tertiary/aromatic N) is 2. The van der Waals surface area contributed by atoms with E-state index in [4.69, 9.17) is 10.5 Å². The van der Waals surface area contributed by atoms with E-state index in [1.54, 1.807) is 37.4 Å². The molecule has 0 aliphatic carbocycles. The van der Waals surface area contributed by atoms with E-state index in [0.717, 1.165) is 12.1 Å². The van der Waals surface area contributed by atoms with Gasteiger partial charge >= 0.3 is 0 Å². The summed E-state index contributed by atoms with van der Waals surface area (Å²) < 4.78 is 48.3. The van der Waals surface area contributed by atoms with Gasteiger partial charge in [0.05, 0.1) is 17.3 Å². The molecule has 2 aromatic carbocycles. The Bertz CT molecular complexity index is 1290. The van der Waals surface area contributed by atoms with E-state index < -0.39 is 23.6 Å². The number of hydrogen-bond donors (Lipinski definition) is 2. The number of pyridine rings is 1. The van der Waals surface area contributed by atoms with Crippen molar-refractivity contribution in [3.8, 4) is 5.75 Å². The summed E-state index contributed by atoms with van der Waals surface area (Å²) in [6.07, 6.45) is 1.64. The van der Waals surface area contributed by atoms with E-state index in [0.29, 0.717) is 16.9 Å². The second-order valence-corrected chi connectivity index (χ2v) is 7.41. The van der Waals surface area contributed by atoms with Crippen LogP contribution in [-0.2, 0) is 6.61 Å². The number of nitrogens with two attached hydrogens (primary N) is 1. The topological polar surface area (TPSA) is 81.7 Å². The van der Waals surface area contributed by atoms with Crippen LogP contribution in [-0.4, -0.2) is 21.8 Å². The van der Waals surface area contributed by atoms with E-state index in [2.05, 4.69) is 10.3 Å². The molecular weight excluding hydrogens is 433 g/mol. The maximum atomic E-state index is 13.9. The molecule has 0 saturated carbocycles. The van der Waals surface area contributed by atoms with Gasteiger partial charge in [0, 0.05) is 12.7 Å². The van der Waals surface area contributed by atoms with Crippen molar-refractivity contribution in [2.45, 2.75) is 19.6 Å². The van der Waals surface area contributed by atoms with Crippen molar-refractivity contribution in [1.29, 1.82) is 0 Å². The summed E-state index contributed by atoms with van der Waals surface area (Å²) in [6.45, 7) is 1.43. The number of halogens is 3. The average molecular weight is 454 g/mol. The zero-order valence-electron chi connectivity index (χ0n) is 17.7. The number of aryl methyl sites for hydroxylation is 1. The highest BCUT2D eigenvalue weighted by Crippen LogP contribution is 2.25. The quantitative estimate of drug-likeness (QED) is 0.441. The van der Waals surface area contributed by atoms with Gasteiger partial charge in [0.1, 0.15) is 29.8 Å². The van der Waals surface area contributed by atoms with Crippen LogP contribution in [0.15, 0.2) is 60.8 Å². The monoisotopic (exact) mass is 454 g/mol. The normalized spacial score (nSPS) is 12.0. The Hall–Kier alpha value is -3.85. The SMILES string of the molecule is Cc1nc2c(OCc3c(F)cccc3F)cccn2c1C(=O)NC(CN)c1ccc(F)cc1. The standard InChI is InChI=1S/C24H21F3N4O2/c1-14-22(24(32)30-20(12-28)15-7-9-16(25)10-8-15)31-11-3-6-21(23(31)29-14)33-13-17-18(26)4-2-5-19(17)27/h2-11,20H,12-13,28H2,1H3,(H,30,32). The van der Waals surface area contributed by atoms with Gasteiger partial charge in [0.2, 0.25) is 0 Å². The molecule has 1 amide bonds. The fraction of sp³-hybridized carbons (Fsp3) is 0.167. The second-order valence-electron chi connectivity index (χ2n) is 7.41. The van der Waals surface area contributed by atoms with Crippen molar-refractivity contribution < 1.29 is 22.7 Å². The zero-order chi connectivity index (χ0) is 23.5. The lowest BCUT2D eigenvalue weighted by atomic mass is 10.1. The van der Waals surface area contributed by atoms with Crippen LogP contribution in [0.1, 0.15) is 33.4 Å². The third-order valence-electron chi connectivity index (χ3n) is 5.25. The molecule has 4 rings (SSSR count). The summed E-state index contributed by atoms with van der Waals surface area (Å²) in [4.78, 5) is 17.5. The molecule has 0 aliphatic rings. The van der Waals surface area contributed by atoms with Gasteiger partial charge in [-0.2, -0.15) is 0 Å². The first-order valence-electron chi connectivity index (χ1n) is 10.2. The molecule has 2 aromatic heterocycles. The van der Waals surface area contributed by atoms with Gasteiger partial charge in [-0.05, 0) is 48.9 Å². The van der Waals surface area contributed by atoms with Gasteiger partial charge in [-0.15, -0.1) is 0 Å². The van der Waals surface area contributed by atoms with Crippen LogP contribution in [0.25, 0.3) is 5.65 Å². The number of imidazole rings is 1. The van der Waals surface area contributed by atoms with Crippen molar-refractivity contribution in [1.82, 2.24) is 14.7 Å². The predicted octanol–water partition coefficient (Wildman–Crippen LogP) is 4.07. The number of carbonyl (C=O) groups is 1. The van der Waals surface area contributed by atoms with Gasteiger partial charge in [-0.3, -0.25) is 9.20 Å². The molecule has 0 saturated heterocycles. The largest absolute Gasteiger partial charge is 0.485 e. The Kier molecular flexibility index (Phi) is 6.32. The third kappa shape index (κ3) is 4.54. The Morgan fingerprint density at radius 1 is 1.09 bits per heavy atom. The van der Waals surface area contributed by atoms with E-state index in [-0.39, 0.29) is 36.0 Å². The molecule has 2 heterocycles. The summed E-state index contributed by atoms with van der Waals surface area (Å²) in [5.41, 5.74) is 7.29. The highest BCUT2D eigenvalue weighted by molar-refractivity contribution is 5.95. The number of nitrogens with one attached hydrogen (secondary N) is 1. The van der Waals surface area contributed by atoms with Gasteiger partial charge in [-0.25, -0.2) is 18.2 Å². The first-order valence-corrected chi connectivity index (χ1v) is 10.2. The lowest BCUT2D eigenvalue weighted by Crippen LogP contribution is -2.34. The van der Waals surface area contributed by atoms with Crippen molar-refractivity contribution in [2.24, 2.45) is 5.73 Å². The van der Waals surface area contributed by atoms with E-state index >= 15 is 0 Å². The minimum atomic E-state index is -0.713. The van der Waals surface area contributed by atoms with Gasteiger partial charge in [0.15, 0.2) is 11.4 Å². The van der Waals surface area contributed by atoms with Gasteiger partial charge in [0.25, 0.3) is 5.91 Å². The third-order valence-corrected chi connectivity index (χ3v) is 5.25. The lowest BCUT2D eigenvalue weighted by Gasteiger charge is -2.17. The molecule has 3 N–H and O–H groups in total. The van der Waals surface area contributed by atoms with Crippen molar-refractivity contribution in [2.75, 3.05) is 6.54 Å². The molecule has 0 radical (unpaired) electrons. The number of rotatable bonds is 7. The fourth-order valence-corrected chi connectivity index (χ4v) is 3.56. The lowest BCUT2D eigenvalue weighted by molar-refractivity contribution is 0.0931. The van der Waals surface area contributed by atoms with Gasteiger partial charge < -0.3 is 15.8 Å². The average Bonchev–Trinajstić information content (AvgIpc) is 3.14. The molecule has 33 heavy (non-hydrogen) atoms. The molecule has 0 bridgehead atoms. The Morgan fingerprint density at radius 2 is 1.79 bits per heavy atom. The molecule has 1 atom stereocenters. The molecule has 9 heteroatoms. The van der Waals surface area contributed by atoms with Crippen molar-refractivity contribution in [3.63, 3.8) is 0 Å². The van der Waals surface area contributed by atoms with E-state index in [9.17, 15) is 18.0 Å². The summed E-state index contributed by atoms with van der Waals surface area (Å²) >= 11 is 0. The summed E-state index contributed by atoms with van der Waals surface area (Å²) in [5, 5.41) is 2.84. The van der Waals surface area contributed by atoms with E-state index in [1.165, 1.54) is 22.6 Å². The van der Waals surface area contributed by atoms with Crippen LogP contribution < -0.4 is 15.8 Å². The number of ether oxygens (including phenoxy) is 1. The number of fused-ring (bicyclic) bond motifs is 1. The van der Waals surface area contributed by atoms with Crippen LogP contribution in [0.2, 0.25) is 0 Å². The van der Waals surface area contributed by atoms with Crippen LogP contribution in [0.4, 0.5) is 13.2 Å². The molecule has 4 aromatic rings. The number of aromatic nitrogens is 2. The Morgan fingerprint density at radius 3 is 2.45 bits per heavy atom. The molecule has 0 spiro atoms. The predicted molar refractivity (Wildman–Crippen MR) is 116 cm³/mol. The maximum Gasteiger partial charge on any atom is 0.270 e.